The molecular formula is C33H39NO2. The predicted octanol–water partition coefficient (Wildman–Crippen LogP) is 7.68. The van der Waals surface area contributed by atoms with Gasteiger partial charge in [0.1, 0.15) is 12.4 Å². The molecule has 0 aliphatic carbocycles. The highest BCUT2D eigenvalue weighted by Gasteiger charge is 2.18. The maximum absolute atomic E-state index is 12.6. The summed E-state index contributed by atoms with van der Waals surface area (Å²) in [6.07, 6.45) is 5.88. The van der Waals surface area contributed by atoms with Crippen LogP contribution >= 0.6 is 0 Å². The lowest BCUT2D eigenvalue weighted by atomic mass is 9.86. The van der Waals surface area contributed by atoms with Gasteiger partial charge >= 0.3 is 0 Å². The second-order valence-corrected chi connectivity index (χ2v) is 10.9. The monoisotopic (exact) mass is 481 g/mol. The number of hydrogen-bond donors (Lipinski definition) is 0. The van der Waals surface area contributed by atoms with Gasteiger partial charge in [-0.25, -0.2) is 0 Å². The maximum Gasteiger partial charge on any atom is 0.162 e. The fourth-order valence-corrected chi connectivity index (χ4v) is 4.75. The molecule has 0 saturated carbocycles. The van der Waals surface area contributed by atoms with E-state index < -0.39 is 0 Å². The van der Waals surface area contributed by atoms with Crippen LogP contribution in [0.15, 0.2) is 78.9 Å². The minimum Gasteiger partial charge on any atom is -0.488 e. The van der Waals surface area contributed by atoms with Crippen LogP contribution in [0.5, 0.6) is 5.75 Å². The number of hydrogen-bond acceptors (Lipinski definition) is 3. The van der Waals surface area contributed by atoms with E-state index >= 15 is 0 Å². The molecular weight excluding hydrogens is 442 g/mol. The molecule has 1 aliphatic heterocycles. The molecule has 1 heterocycles. The van der Waals surface area contributed by atoms with Gasteiger partial charge < -0.3 is 9.64 Å². The van der Waals surface area contributed by atoms with E-state index in [1.165, 1.54) is 27.8 Å². The van der Waals surface area contributed by atoms with Crippen molar-refractivity contribution in [2.24, 2.45) is 0 Å². The third kappa shape index (κ3) is 6.53. The zero-order valence-corrected chi connectivity index (χ0v) is 22.2. The van der Waals surface area contributed by atoms with Crippen LogP contribution in [0.3, 0.4) is 0 Å². The third-order valence-electron chi connectivity index (χ3n) is 6.99. The molecule has 1 aliphatic rings. The molecule has 0 aromatic heterocycles. The molecule has 3 heteroatoms. The molecule has 0 amide bonds. The van der Waals surface area contributed by atoms with E-state index in [0.717, 1.165) is 43.7 Å². The van der Waals surface area contributed by atoms with Gasteiger partial charge in [0.2, 0.25) is 0 Å². The van der Waals surface area contributed by atoms with Gasteiger partial charge in [-0.05, 0) is 66.6 Å². The van der Waals surface area contributed by atoms with Crippen molar-refractivity contribution in [2.75, 3.05) is 20.1 Å². The van der Waals surface area contributed by atoms with Gasteiger partial charge in [-0.3, -0.25) is 4.79 Å². The number of rotatable bonds is 9. The average molecular weight is 482 g/mol. The summed E-state index contributed by atoms with van der Waals surface area (Å²) in [4.78, 5) is 15.0. The number of benzene rings is 3. The van der Waals surface area contributed by atoms with Crippen molar-refractivity contribution in [1.82, 2.24) is 4.90 Å². The minimum atomic E-state index is 0.110. The lowest BCUT2D eigenvalue weighted by molar-refractivity contribution is 0.0978. The fourth-order valence-electron chi connectivity index (χ4n) is 4.75. The third-order valence-corrected chi connectivity index (χ3v) is 6.99. The Labute approximate surface area is 216 Å². The van der Waals surface area contributed by atoms with E-state index in [0.29, 0.717) is 13.0 Å². The Morgan fingerprint density at radius 1 is 0.889 bits per heavy atom. The van der Waals surface area contributed by atoms with E-state index in [-0.39, 0.29) is 11.2 Å². The highest BCUT2D eigenvalue weighted by molar-refractivity contribution is 5.96. The van der Waals surface area contributed by atoms with E-state index in [9.17, 15) is 4.79 Å². The van der Waals surface area contributed by atoms with E-state index in [1.807, 2.05) is 18.2 Å². The van der Waals surface area contributed by atoms with Gasteiger partial charge in [-0.15, -0.1) is 0 Å². The van der Waals surface area contributed by atoms with Crippen molar-refractivity contribution in [3.05, 3.63) is 107 Å². The molecule has 0 unspecified atom stereocenters. The molecule has 0 N–H and O–H groups in total. The van der Waals surface area contributed by atoms with Gasteiger partial charge in [0, 0.05) is 24.1 Å². The summed E-state index contributed by atoms with van der Waals surface area (Å²) in [7, 11) is 2.17. The van der Waals surface area contributed by atoms with Crippen LogP contribution in [0.4, 0.5) is 0 Å². The minimum absolute atomic E-state index is 0.110. The first-order valence-corrected chi connectivity index (χ1v) is 13.2. The molecule has 3 aromatic carbocycles. The molecule has 36 heavy (non-hydrogen) atoms. The lowest BCUT2D eigenvalue weighted by Gasteiger charge is -2.19. The van der Waals surface area contributed by atoms with E-state index in [2.05, 4.69) is 93.4 Å². The summed E-state index contributed by atoms with van der Waals surface area (Å²) < 4.78 is 6.09. The Bertz CT molecular complexity index is 1150. The number of ether oxygens (including phenoxy) is 1. The van der Waals surface area contributed by atoms with Gasteiger partial charge in [0.15, 0.2) is 5.78 Å². The summed E-state index contributed by atoms with van der Waals surface area (Å²) in [6, 6.07) is 25.0. The van der Waals surface area contributed by atoms with Crippen LogP contribution in [0, 0.1) is 0 Å². The summed E-state index contributed by atoms with van der Waals surface area (Å²) in [6.45, 7) is 9.16. The van der Waals surface area contributed by atoms with E-state index in [1.54, 1.807) is 0 Å². The second kappa shape index (κ2) is 11.7. The van der Waals surface area contributed by atoms with Crippen molar-refractivity contribution < 1.29 is 9.53 Å². The first kappa shape index (κ1) is 25.9. The highest BCUT2D eigenvalue weighted by Crippen LogP contribution is 2.36. The van der Waals surface area contributed by atoms with Gasteiger partial charge in [0.25, 0.3) is 0 Å². The molecule has 188 valence electrons. The summed E-state index contributed by atoms with van der Waals surface area (Å²) in [5.74, 6) is 1.20. The highest BCUT2D eigenvalue weighted by atomic mass is 16.5. The standard InChI is InChI=1S/C33H39NO2/c1-33(2,3)27-20-18-25(19-21-27)31(35)16-9-10-22-34(4)23-11-15-29-28-13-6-5-12-26(28)24-36-32-17-8-7-14-30(29)32/h5-8,12-15,17-21H,9-11,16,22-24H2,1-4H3. The van der Waals surface area contributed by atoms with Crippen LogP contribution in [0.1, 0.15) is 79.1 Å². The van der Waals surface area contributed by atoms with Crippen LogP contribution in [-0.2, 0) is 12.0 Å². The summed E-state index contributed by atoms with van der Waals surface area (Å²) >= 11 is 0. The molecule has 0 saturated heterocycles. The van der Waals surface area contributed by atoms with Crippen molar-refractivity contribution in [2.45, 2.75) is 58.5 Å². The van der Waals surface area contributed by atoms with Crippen molar-refractivity contribution >= 4 is 11.4 Å². The normalized spacial score (nSPS) is 14.2. The molecule has 0 spiro atoms. The Balaban J connectivity index is 1.27. The number of carbonyl (C=O) groups is 1. The average Bonchev–Trinajstić information content (AvgIpc) is 3.03. The Hall–Kier alpha value is -3.17. The fraction of sp³-hybridized carbons (Fsp3) is 0.364. The molecule has 0 radical (unpaired) electrons. The first-order valence-electron chi connectivity index (χ1n) is 13.2. The number of Topliss-reactive ketones (excluding diaryl/α,β-unsaturated/α-hetero) is 1. The SMILES string of the molecule is CN(CCC=C1c2ccccc2COc2ccccc21)CCCCC(=O)c1ccc(C(C)(C)C)cc1. The van der Waals surface area contributed by atoms with Crippen molar-refractivity contribution in [1.29, 1.82) is 0 Å². The number of carbonyl (C=O) groups excluding carboxylic acids is 1. The predicted molar refractivity (Wildman–Crippen MR) is 150 cm³/mol. The van der Waals surface area contributed by atoms with Gasteiger partial charge in [-0.1, -0.05) is 93.6 Å². The van der Waals surface area contributed by atoms with Crippen LogP contribution < -0.4 is 4.74 Å². The Kier molecular flexibility index (Phi) is 8.43. The van der Waals surface area contributed by atoms with Crippen molar-refractivity contribution in [3.8, 4) is 5.75 Å². The van der Waals surface area contributed by atoms with Gasteiger partial charge in [0.05, 0.1) is 0 Å². The molecule has 0 fully saturated rings. The lowest BCUT2D eigenvalue weighted by Crippen LogP contribution is -2.20. The largest absolute Gasteiger partial charge is 0.488 e. The quantitative estimate of drug-likeness (QED) is 0.232. The molecule has 0 bridgehead atoms. The van der Waals surface area contributed by atoms with Crippen LogP contribution in [-0.4, -0.2) is 30.8 Å². The number of unbranched alkanes of at least 4 members (excludes halogenated alkanes) is 1. The molecule has 0 atom stereocenters. The maximum atomic E-state index is 12.6. The molecule has 3 aromatic rings. The number of ketones is 1. The Morgan fingerprint density at radius 3 is 2.33 bits per heavy atom. The van der Waals surface area contributed by atoms with Crippen LogP contribution in [0.25, 0.3) is 5.57 Å². The number of para-hydroxylation sites is 1. The van der Waals surface area contributed by atoms with Crippen LogP contribution in [0.2, 0.25) is 0 Å². The Morgan fingerprint density at radius 2 is 1.58 bits per heavy atom. The summed E-state index contributed by atoms with van der Waals surface area (Å²) in [5, 5.41) is 0. The molecule has 4 rings (SSSR count). The zero-order chi connectivity index (χ0) is 25.5. The molecule has 3 nitrogen and oxygen atoms in total. The van der Waals surface area contributed by atoms with E-state index in [4.69, 9.17) is 4.74 Å². The topological polar surface area (TPSA) is 29.5 Å². The second-order valence-electron chi connectivity index (χ2n) is 10.9. The van der Waals surface area contributed by atoms with Crippen molar-refractivity contribution in [3.63, 3.8) is 0 Å². The first-order chi connectivity index (χ1) is 17.3. The number of nitrogens with zero attached hydrogens (tertiary/aromatic N) is 1. The number of fused-ring (bicyclic) bond motifs is 2. The smallest absolute Gasteiger partial charge is 0.162 e. The van der Waals surface area contributed by atoms with Gasteiger partial charge in [-0.2, -0.15) is 0 Å². The zero-order valence-electron chi connectivity index (χ0n) is 22.2. The summed E-state index contributed by atoms with van der Waals surface area (Å²) in [5.41, 5.74) is 7.12.